The summed E-state index contributed by atoms with van der Waals surface area (Å²) in [4.78, 5) is 16.8. The summed E-state index contributed by atoms with van der Waals surface area (Å²) in [7, 11) is 1.64. The van der Waals surface area contributed by atoms with Crippen LogP contribution in [0.2, 0.25) is 0 Å². The largest absolute Gasteiger partial charge is 0.497 e. The Morgan fingerprint density at radius 2 is 1.94 bits per heavy atom. The van der Waals surface area contributed by atoms with E-state index in [2.05, 4.69) is 15.4 Å². The summed E-state index contributed by atoms with van der Waals surface area (Å²) in [5, 5.41) is 7.50. The van der Waals surface area contributed by atoms with E-state index in [1.165, 1.54) is 0 Å². The Kier molecular flexibility index (Phi) is 7.27. The molecule has 8 nitrogen and oxygen atoms in total. The molecule has 34 heavy (non-hydrogen) atoms. The monoisotopic (exact) mass is 460 g/mol. The summed E-state index contributed by atoms with van der Waals surface area (Å²) in [6.07, 6.45) is 2.74. The maximum Gasteiger partial charge on any atom is 0.336 e. The average molecular weight is 461 g/mol. The van der Waals surface area contributed by atoms with Gasteiger partial charge in [-0.25, -0.2) is 4.68 Å². The number of carbonyl (C=O) groups excluding carboxylic acids is 1. The molecule has 0 saturated carbocycles. The minimum absolute atomic E-state index is 0.0282. The van der Waals surface area contributed by atoms with Crippen LogP contribution in [0.5, 0.6) is 11.8 Å². The van der Waals surface area contributed by atoms with Gasteiger partial charge in [0.2, 0.25) is 11.7 Å². The number of ether oxygens (including phenoxy) is 2. The van der Waals surface area contributed by atoms with Crippen molar-refractivity contribution in [1.82, 2.24) is 14.8 Å². The van der Waals surface area contributed by atoms with Crippen molar-refractivity contribution in [3.8, 4) is 29.0 Å². The molecule has 176 valence electrons. The number of aromatic nitrogens is 3. The van der Waals surface area contributed by atoms with Crippen LogP contribution in [-0.4, -0.2) is 34.4 Å². The second-order valence-corrected chi connectivity index (χ2v) is 8.25. The van der Waals surface area contributed by atoms with E-state index >= 15 is 0 Å². The van der Waals surface area contributed by atoms with Gasteiger partial charge in [-0.3, -0.25) is 4.79 Å². The van der Waals surface area contributed by atoms with Crippen molar-refractivity contribution in [2.24, 2.45) is 5.92 Å². The fourth-order valence-corrected chi connectivity index (χ4v) is 3.45. The molecule has 2 aromatic heterocycles. The minimum Gasteiger partial charge on any atom is -0.497 e. The van der Waals surface area contributed by atoms with Gasteiger partial charge in [0.15, 0.2) is 5.76 Å². The van der Waals surface area contributed by atoms with E-state index in [-0.39, 0.29) is 17.8 Å². The van der Waals surface area contributed by atoms with Gasteiger partial charge in [-0.05, 0) is 53.9 Å². The topological polar surface area (TPSA) is 91.4 Å². The van der Waals surface area contributed by atoms with Gasteiger partial charge in [0.25, 0.3) is 0 Å². The molecule has 0 aliphatic rings. The number of hydrogen-bond donors (Lipinski definition) is 1. The lowest BCUT2D eigenvalue weighted by Gasteiger charge is -2.09. The first-order valence-corrected chi connectivity index (χ1v) is 11.2. The molecule has 0 spiro atoms. The highest BCUT2D eigenvalue weighted by atomic mass is 16.5. The number of furan rings is 1. The number of amides is 1. The Bertz CT molecular complexity index is 1210. The molecule has 0 fully saturated rings. The Morgan fingerprint density at radius 1 is 1.12 bits per heavy atom. The molecule has 0 radical (unpaired) electrons. The van der Waals surface area contributed by atoms with Crippen molar-refractivity contribution in [2.75, 3.05) is 19.0 Å². The van der Waals surface area contributed by atoms with E-state index in [1.807, 2.05) is 68.4 Å². The normalized spacial score (nSPS) is 10.9. The standard InChI is InChI=1S/C26H28N4O4/c1-18(2)16-24(31)27-20-6-4-7-21(17-20)30-25(23-8-5-14-33-23)28-26(29-30)34-15-13-19-9-11-22(32-3)12-10-19/h4-12,14,17-18H,13,15-16H2,1-3H3,(H,27,31). The highest BCUT2D eigenvalue weighted by Gasteiger charge is 2.17. The molecule has 1 amide bonds. The molecule has 4 aromatic rings. The number of carbonyl (C=O) groups is 1. The lowest BCUT2D eigenvalue weighted by molar-refractivity contribution is -0.116. The van der Waals surface area contributed by atoms with Gasteiger partial charge in [-0.2, -0.15) is 4.98 Å². The summed E-state index contributed by atoms with van der Waals surface area (Å²) in [5.74, 6) is 2.14. The lowest BCUT2D eigenvalue weighted by Crippen LogP contribution is -2.14. The molecule has 2 aromatic carbocycles. The molecule has 0 unspecified atom stereocenters. The van der Waals surface area contributed by atoms with E-state index in [4.69, 9.17) is 13.9 Å². The number of nitrogens with one attached hydrogen (secondary N) is 1. The van der Waals surface area contributed by atoms with Crippen LogP contribution in [0.25, 0.3) is 17.3 Å². The average Bonchev–Trinajstić information content (AvgIpc) is 3.49. The van der Waals surface area contributed by atoms with Crippen LogP contribution in [0.4, 0.5) is 5.69 Å². The number of hydrogen-bond acceptors (Lipinski definition) is 6. The van der Waals surface area contributed by atoms with E-state index in [9.17, 15) is 4.79 Å². The van der Waals surface area contributed by atoms with Gasteiger partial charge in [-0.1, -0.05) is 32.0 Å². The van der Waals surface area contributed by atoms with Crippen molar-refractivity contribution in [3.05, 3.63) is 72.5 Å². The third-order valence-electron chi connectivity index (χ3n) is 5.08. The number of nitrogens with zero attached hydrogens (tertiary/aromatic N) is 3. The predicted octanol–water partition coefficient (Wildman–Crippen LogP) is 5.14. The quantitative estimate of drug-likeness (QED) is 0.352. The minimum atomic E-state index is -0.0282. The van der Waals surface area contributed by atoms with Gasteiger partial charge in [0.05, 0.1) is 25.7 Å². The van der Waals surface area contributed by atoms with Crippen molar-refractivity contribution in [2.45, 2.75) is 26.7 Å². The Labute approximate surface area is 198 Å². The highest BCUT2D eigenvalue weighted by Crippen LogP contribution is 2.25. The van der Waals surface area contributed by atoms with Crippen molar-refractivity contribution in [1.29, 1.82) is 0 Å². The lowest BCUT2D eigenvalue weighted by atomic mass is 10.1. The Morgan fingerprint density at radius 3 is 2.65 bits per heavy atom. The summed E-state index contributed by atoms with van der Waals surface area (Å²) < 4.78 is 18.3. The van der Waals surface area contributed by atoms with Crippen LogP contribution >= 0.6 is 0 Å². The van der Waals surface area contributed by atoms with Gasteiger partial charge in [0, 0.05) is 18.5 Å². The van der Waals surface area contributed by atoms with Crippen molar-refractivity contribution in [3.63, 3.8) is 0 Å². The third kappa shape index (κ3) is 5.83. The van der Waals surface area contributed by atoms with E-state index in [0.717, 1.165) is 17.0 Å². The maximum absolute atomic E-state index is 12.2. The van der Waals surface area contributed by atoms with Gasteiger partial charge >= 0.3 is 6.01 Å². The first-order valence-electron chi connectivity index (χ1n) is 11.2. The van der Waals surface area contributed by atoms with E-state index in [0.29, 0.717) is 36.7 Å². The maximum atomic E-state index is 12.2. The van der Waals surface area contributed by atoms with Crippen LogP contribution in [-0.2, 0) is 11.2 Å². The SMILES string of the molecule is COc1ccc(CCOc2nc(-c3ccco3)n(-c3cccc(NC(=O)CC(C)C)c3)n2)cc1. The van der Waals surface area contributed by atoms with E-state index < -0.39 is 0 Å². The van der Waals surface area contributed by atoms with Crippen molar-refractivity contribution < 1.29 is 18.7 Å². The molecular weight excluding hydrogens is 432 g/mol. The predicted molar refractivity (Wildman–Crippen MR) is 129 cm³/mol. The smallest absolute Gasteiger partial charge is 0.336 e. The fraction of sp³-hybridized carbons (Fsp3) is 0.269. The molecule has 0 aliphatic carbocycles. The summed E-state index contributed by atoms with van der Waals surface area (Å²) in [6.45, 7) is 4.44. The number of rotatable bonds is 10. The zero-order valence-electron chi connectivity index (χ0n) is 19.5. The first-order chi connectivity index (χ1) is 16.5. The molecule has 0 atom stereocenters. The van der Waals surface area contributed by atoms with Crippen LogP contribution in [0, 0.1) is 5.92 Å². The van der Waals surface area contributed by atoms with Crippen LogP contribution in [0.1, 0.15) is 25.8 Å². The number of methoxy groups -OCH3 is 1. The number of benzene rings is 2. The van der Waals surface area contributed by atoms with Crippen LogP contribution in [0.15, 0.2) is 71.3 Å². The molecule has 1 N–H and O–H groups in total. The molecule has 4 rings (SSSR count). The molecule has 2 heterocycles. The molecule has 8 heteroatoms. The Hall–Kier alpha value is -4.07. The Balaban J connectivity index is 1.52. The fourth-order valence-electron chi connectivity index (χ4n) is 3.45. The molecule has 0 bridgehead atoms. The van der Waals surface area contributed by atoms with Gasteiger partial charge < -0.3 is 19.2 Å². The van der Waals surface area contributed by atoms with Gasteiger partial charge in [0.1, 0.15) is 5.75 Å². The van der Waals surface area contributed by atoms with Crippen LogP contribution < -0.4 is 14.8 Å². The first kappa shape index (κ1) is 23.1. The summed E-state index contributed by atoms with van der Waals surface area (Å²) in [6, 6.07) is 19.1. The molecule has 0 aliphatic heterocycles. The van der Waals surface area contributed by atoms with Gasteiger partial charge in [-0.15, -0.1) is 5.10 Å². The molecular formula is C26H28N4O4. The highest BCUT2D eigenvalue weighted by molar-refractivity contribution is 5.91. The van der Waals surface area contributed by atoms with E-state index in [1.54, 1.807) is 24.1 Å². The second kappa shape index (κ2) is 10.7. The number of anilines is 1. The zero-order chi connectivity index (χ0) is 23.9. The zero-order valence-corrected chi connectivity index (χ0v) is 19.5. The summed E-state index contributed by atoms with van der Waals surface area (Å²) in [5.41, 5.74) is 2.54. The van der Waals surface area contributed by atoms with Crippen LogP contribution in [0.3, 0.4) is 0 Å². The van der Waals surface area contributed by atoms with Crippen molar-refractivity contribution >= 4 is 11.6 Å². The third-order valence-corrected chi connectivity index (χ3v) is 5.08. The second-order valence-electron chi connectivity index (χ2n) is 8.25. The molecule has 0 saturated heterocycles. The summed E-state index contributed by atoms with van der Waals surface area (Å²) >= 11 is 0.